The van der Waals surface area contributed by atoms with Crippen molar-refractivity contribution in [3.05, 3.63) is 87.8 Å². The molecule has 3 aromatic heterocycles. The van der Waals surface area contributed by atoms with Crippen LogP contribution in [-0.4, -0.2) is 27.1 Å². The van der Waals surface area contributed by atoms with Crippen LogP contribution >= 0.6 is 11.3 Å². The van der Waals surface area contributed by atoms with Crippen molar-refractivity contribution in [2.24, 2.45) is 0 Å². The quantitative estimate of drug-likeness (QED) is 0.419. The molecule has 7 heteroatoms. The van der Waals surface area contributed by atoms with E-state index in [1.54, 1.807) is 17.6 Å². The fraction of sp³-hybridized carbons (Fsp3) is 0.250. The molecule has 0 aliphatic carbocycles. The normalized spacial score (nSPS) is 11.2. The van der Waals surface area contributed by atoms with Crippen LogP contribution in [0.15, 0.2) is 64.6 Å². The Kier molecular flexibility index (Phi) is 6.34. The molecule has 6 nitrogen and oxygen atoms in total. The Morgan fingerprint density at radius 1 is 1.10 bits per heavy atom. The number of hydrogen-bond acceptors (Lipinski definition) is 5. The Labute approximate surface area is 186 Å². The third-order valence-corrected chi connectivity index (χ3v) is 5.98. The van der Waals surface area contributed by atoms with Gasteiger partial charge in [0.25, 0.3) is 0 Å². The summed E-state index contributed by atoms with van der Waals surface area (Å²) in [6.45, 7) is 7.46. The van der Waals surface area contributed by atoms with E-state index in [1.165, 1.54) is 10.4 Å². The summed E-state index contributed by atoms with van der Waals surface area (Å²) in [6, 6.07) is 16.1. The van der Waals surface area contributed by atoms with Crippen LogP contribution < -0.4 is 5.32 Å². The van der Waals surface area contributed by atoms with E-state index in [0.29, 0.717) is 13.1 Å². The average Bonchev–Trinajstić information content (AvgIpc) is 3.49. The van der Waals surface area contributed by atoms with Crippen molar-refractivity contribution in [3.63, 3.8) is 0 Å². The zero-order valence-corrected chi connectivity index (χ0v) is 18.8. The van der Waals surface area contributed by atoms with E-state index in [2.05, 4.69) is 40.4 Å². The zero-order chi connectivity index (χ0) is 21.8. The Morgan fingerprint density at radius 2 is 1.90 bits per heavy atom. The van der Waals surface area contributed by atoms with E-state index in [-0.39, 0.29) is 12.5 Å². The largest absolute Gasteiger partial charge is 0.468 e. The maximum atomic E-state index is 13.0. The molecule has 4 aromatic rings. The SMILES string of the molecule is Cc1ccc(-n2nc(C)c(NC(=O)CN(Cc3ccco3)Cc3cccs3)c2C)cc1. The third-order valence-electron chi connectivity index (χ3n) is 5.12. The fourth-order valence-corrected chi connectivity index (χ4v) is 4.30. The van der Waals surface area contributed by atoms with Gasteiger partial charge in [-0.1, -0.05) is 23.8 Å². The molecule has 0 radical (unpaired) electrons. The van der Waals surface area contributed by atoms with Gasteiger partial charge in [-0.15, -0.1) is 11.3 Å². The Hall–Kier alpha value is -3.16. The van der Waals surface area contributed by atoms with Crippen LogP contribution in [0.4, 0.5) is 5.69 Å². The maximum Gasteiger partial charge on any atom is 0.238 e. The van der Waals surface area contributed by atoms with E-state index >= 15 is 0 Å². The van der Waals surface area contributed by atoms with Gasteiger partial charge in [0, 0.05) is 11.4 Å². The minimum Gasteiger partial charge on any atom is -0.468 e. The predicted octanol–water partition coefficient (Wildman–Crippen LogP) is 5.09. The lowest BCUT2D eigenvalue weighted by atomic mass is 10.2. The number of hydrogen-bond donors (Lipinski definition) is 1. The van der Waals surface area contributed by atoms with Gasteiger partial charge in [-0.2, -0.15) is 5.10 Å². The van der Waals surface area contributed by atoms with Gasteiger partial charge < -0.3 is 9.73 Å². The van der Waals surface area contributed by atoms with Crippen LogP contribution in [0.5, 0.6) is 0 Å². The van der Waals surface area contributed by atoms with Gasteiger partial charge >= 0.3 is 0 Å². The number of rotatable bonds is 8. The summed E-state index contributed by atoms with van der Waals surface area (Å²) in [5.41, 5.74) is 4.64. The van der Waals surface area contributed by atoms with Crippen molar-refractivity contribution < 1.29 is 9.21 Å². The minimum absolute atomic E-state index is 0.0715. The van der Waals surface area contributed by atoms with Crippen molar-refractivity contribution in [3.8, 4) is 5.69 Å². The van der Waals surface area contributed by atoms with Gasteiger partial charge in [-0.3, -0.25) is 9.69 Å². The van der Waals surface area contributed by atoms with Crippen LogP contribution in [0.2, 0.25) is 0 Å². The third kappa shape index (κ3) is 5.13. The van der Waals surface area contributed by atoms with Crippen LogP contribution in [-0.2, 0) is 17.9 Å². The smallest absolute Gasteiger partial charge is 0.238 e. The zero-order valence-electron chi connectivity index (χ0n) is 18.0. The van der Waals surface area contributed by atoms with Crippen molar-refractivity contribution in [2.75, 3.05) is 11.9 Å². The summed E-state index contributed by atoms with van der Waals surface area (Å²) in [7, 11) is 0. The van der Waals surface area contributed by atoms with Gasteiger partial charge in [0.15, 0.2) is 0 Å². The molecule has 160 valence electrons. The fourth-order valence-electron chi connectivity index (χ4n) is 3.56. The summed E-state index contributed by atoms with van der Waals surface area (Å²) in [5, 5.41) is 9.77. The highest BCUT2D eigenvalue weighted by Crippen LogP contribution is 2.23. The molecule has 1 aromatic carbocycles. The van der Waals surface area contributed by atoms with Crippen LogP contribution in [0.3, 0.4) is 0 Å². The van der Waals surface area contributed by atoms with E-state index < -0.39 is 0 Å². The number of carbonyl (C=O) groups excluding carboxylic acids is 1. The highest BCUT2D eigenvalue weighted by Gasteiger charge is 2.18. The summed E-state index contributed by atoms with van der Waals surface area (Å²) in [4.78, 5) is 16.2. The van der Waals surface area contributed by atoms with Crippen LogP contribution in [0.25, 0.3) is 5.69 Å². The molecule has 0 fully saturated rings. The summed E-state index contributed by atoms with van der Waals surface area (Å²) in [6.07, 6.45) is 1.66. The molecular formula is C24H26N4O2S. The molecule has 0 aliphatic heterocycles. The first-order valence-corrected chi connectivity index (χ1v) is 11.1. The molecule has 3 heterocycles. The van der Waals surface area contributed by atoms with Crippen molar-refractivity contribution in [1.82, 2.24) is 14.7 Å². The van der Waals surface area contributed by atoms with Gasteiger partial charge in [-0.25, -0.2) is 4.68 Å². The number of furan rings is 1. The van der Waals surface area contributed by atoms with E-state index in [4.69, 9.17) is 4.42 Å². The molecule has 0 saturated heterocycles. The lowest BCUT2D eigenvalue weighted by Gasteiger charge is -2.20. The first-order valence-electron chi connectivity index (χ1n) is 10.2. The highest BCUT2D eigenvalue weighted by molar-refractivity contribution is 7.09. The van der Waals surface area contributed by atoms with Gasteiger partial charge in [0.2, 0.25) is 5.91 Å². The highest BCUT2D eigenvalue weighted by atomic mass is 32.1. The number of amides is 1. The Balaban J connectivity index is 1.49. The standard InChI is InChI=1S/C24H26N4O2S/c1-17-8-10-20(11-9-17)28-19(3)24(18(2)26-28)25-23(29)16-27(14-21-6-4-12-30-21)15-22-7-5-13-31-22/h4-13H,14-16H2,1-3H3,(H,25,29). The lowest BCUT2D eigenvalue weighted by Crippen LogP contribution is -2.32. The monoisotopic (exact) mass is 434 g/mol. The lowest BCUT2D eigenvalue weighted by molar-refractivity contribution is -0.117. The molecule has 0 saturated carbocycles. The van der Waals surface area contributed by atoms with Gasteiger partial charge in [0.1, 0.15) is 5.76 Å². The Bertz CT molecular complexity index is 1090. The van der Waals surface area contributed by atoms with Crippen molar-refractivity contribution in [2.45, 2.75) is 33.9 Å². The number of aryl methyl sites for hydroxylation is 2. The molecule has 31 heavy (non-hydrogen) atoms. The van der Waals surface area contributed by atoms with Crippen LogP contribution in [0.1, 0.15) is 27.6 Å². The molecule has 0 aliphatic rings. The van der Waals surface area contributed by atoms with E-state index in [9.17, 15) is 4.79 Å². The second kappa shape index (κ2) is 9.32. The summed E-state index contributed by atoms with van der Waals surface area (Å²) < 4.78 is 7.37. The average molecular weight is 435 g/mol. The number of thiophene rings is 1. The molecular weight excluding hydrogens is 408 g/mol. The molecule has 0 atom stereocenters. The minimum atomic E-state index is -0.0715. The topological polar surface area (TPSA) is 63.3 Å². The van der Waals surface area contributed by atoms with Gasteiger partial charge in [-0.05, 0) is 56.5 Å². The first kappa shape index (κ1) is 21.1. The summed E-state index contributed by atoms with van der Waals surface area (Å²) in [5.74, 6) is 0.765. The van der Waals surface area contributed by atoms with Crippen molar-refractivity contribution >= 4 is 22.9 Å². The second-order valence-corrected chi connectivity index (χ2v) is 8.68. The number of carbonyl (C=O) groups is 1. The number of benzene rings is 1. The number of anilines is 1. The van der Waals surface area contributed by atoms with Gasteiger partial charge in [0.05, 0.1) is 42.1 Å². The second-order valence-electron chi connectivity index (χ2n) is 7.65. The molecule has 0 bridgehead atoms. The first-order chi connectivity index (χ1) is 15.0. The van der Waals surface area contributed by atoms with Crippen LogP contribution in [0, 0.1) is 20.8 Å². The number of nitrogens with one attached hydrogen (secondary N) is 1. The summed E-state index contributed by atoms with van der Waals surface area (Å²) >= 11 is 1.68. The molecule has 0 unspecified atom stereocenters. The predicted molar refractivity (Wildman–Crippen MR) is 124 cm³/mol. The van der Waals surface area contributed by atoms with E-state index in [0.717, 1.165) is 28.5 Å². The van der Waals surface area contributed by atoms with Crippen molar-refractivity contribution in [1.29, 1.82) is 0 Å². The Morgan fingerprint density at radius 3 is 2.58 bits per heavy atom. The van der Waals surface area contributed by atoms with E-state index in [1.807, 2.05) is 54.2 Å². The molecule has 1 N–H and O–H groups in total. The molecule has 4 rings (SSSR count). The molecule has 0 spiro atoms. The maximum absolute atomic E-state index is 13.0. The number of nitrogens with zero attached hydrogens (tertiary/aromatic N) is 3. The molecule has 1 amide bonds. The number of aromatic nitrogens is 2.